The van der Waals surface area contributed by atoms with E-state index >= 15 is 0 Å². The van der Waals surface area contributed by atoms with Crippen LogP contribution in [-0.2, 0) is 22.4 Å². The van der Waals surface area contributed by atoms with Crippen LogP contribution in [0, 0.1) is 0 Å². The van der Waals surface area contributed by atoms with Crippen LogP contribution in [-0.4, -0.2) is 21.9 Å². The minimum atomic E-state index is 0. The summed E-state index contributed by atoms with van der Waals surface area (Å²) in [6.45, 7) is 0. The van der Waals surface area contributed by atoms with Gasteiger partial charge in [-0.25, -0.2) is 0 Å². The first-order chi connectivity index (χ1) is 0. The Morgan fingerprint density at radius 1 is 0.600 bits per heavy atom. The quantitative estimate of drug-likeness (QED) is 0.503. The van der Waals surface area contributed by atoms with Crippen LogP contribution in [0.1, 0.15) is 0 Å². The fourth-order valence-corrected chi connectivity index (χ4v) is 0. The summed E-state index contributed by atoms with van der Waals surface area (Å²) in [7, 11) is 0. The van der Waals surface area contributed by atoms with Crippen molar-refractivity contribution < 1.29 is 44.3 Å². The van der Waals surface area contributed by atoms with Crippen LogP contribution < -0.4 is 0 Å². The fraction of sp³-hybridized carbons (Fsp3) is 0. The zero-order valence-electron chi connectivity index (χ0n) is 2.14. The number of hydrogen-bond donors (Lipinski definition) is 0. The Labute approximate surface area is 44.9 Å². The molecule has 0 aromatic rings. The van der Waals surface area contributed by atoms with Gasteiger partial charge in [-0.3, -0.25) is 0 Å². The summed E-state index contributed by atoms with van der Waals surface area (Å²) < 4.78 is 0. The predicted molar refractivity (Wildman–Crippen MR) is 9.42 cm³/mol. The zero-order chi connectivity index (χ0) is 0. The average molecular weight is 266 g/mol. The Morgan fingerprint density at radius 3 is 0.600 bits per heavy atom. The van der Waals surface area contributed by atoms with E-state index in [1.165, 1.54) is 0 Å². The average Bonchev–Trinajstić information content (AvgIpc) is 0. The van der Waals surface area contributed by atoms with Gasteiger partial charge in [-0.15, -0.1) is 0 Å². The van der Waals surface area contributed by atoms with Crippen LogP contribution in [0.2, 0.25) is 0 Å². The molecule has 4 nitrogen and oxygen atoms in total. The summed E-state index contributed by atoms with van der Waals surface area (Å²) in [4.78, 5) is 0. The molecule has 0 atom stereocenters. The third-order valence-electron chi connectivity index (χ3n) is 0. The van der Waals surface area contributed by atoms with Crippen molar-refractivity contribution >= 4 is 0 Å². The summed E-state index contributed by atoms with van der Waals surface area (Å²) in [5.41, 5.74) is 0. The first-order valence-electron chi connectivity index (χ1n) is 0. The SMILES string of the molecule is O.[Au+3].[OH-].[OH-].[OH-]. The smallest absolute Gasteiger partial charge is 0.870 e. The van der Waals surface area contributed by atoms with Gasteiger partial charge in [0, 0.05) is 0 Å². The maximum atomic E-state index is 0. The molecule has 5 heavy (non-hydrogen) atoms. The summed E-state index contributed by atoms with van der Waals surface area (Å²) in [6.07, 6.45) is 0. The van der Waals surface area contributed by atoms with Gasteiger partial charge in [-0.05, 0) is 0 Å². The van der Waals surface area contributed by atoms with Crippen LogP contribution >= 0.6 is 0 Å². The summed E-state index contributed by atoms with van der Waals surface area (Å²) >= 11 is 0. The van der Waals surface area contributed by atoms with E-state index in [4.69, 9.17) is 0 Å². The molecule has 0 rings (SSSR count). The van der Waals surface area contributed by atoms with Gasteiger partial charge in [-0.2, -0.15) is 0 Å². The summed E-state index contributed by atoms with van der Waals surface area (Å²) in [5, 5.41) is 0. The molecule has 0 spiro atoms. The molecule has 0 aliphatic heterocycles. The van der Waals surface area contributed by atoms with E-state index in [9.17, 15) is 0 Å². The van der Waals surface area contributed by atoms with E-state index in [1.807, 2.05) is 0 Å². The molecule has 0 amide bonds. The van der Waals surface area contributed by atoms with E-state index < -0.39 is 0 Å². The molecule has 0 unspecified atom stereocenters. The molecule has 0 aromatic carbocycles. The van der Waals surface area contributed by atoms with E-state index in [0.29, 0.717) is 0 Å². The molecule has 0 aliphatic carbocycles. The molecular weight excluding hydrogens is 261 g/mol. The van der Waals surface area contributed by atoms with Crippen molar-refractivity contribution in [3.63, 3.8) is 0 Å². The molecule has 0 saturated carbocycles. The Kier molecular flexibility index (Phi) is 12100. The van der Waals surface area contributed by atoms with Crippen LogP contribution in [0.3, 0.4) is 0 Å². The van der Waals surface area contributed by atoms with Crippen LogP contribution in [0.4, 0.5) is 0 Å². The maximum Gasteiger partial charge on any atom is 3.00 e. The Balaban J connectivity index is 0. The van der Waals surface area contributed by atoms with Crippen molar-refractivity contribution in [1.82, 2.24) is 0 Å². The first-order valence-corrected chi connectivity index (χ1v) is 0. The van der Waals surface area contributed by atoms with Gasteiger partial charge in [0.2, 0.25) is 0 Å². The maximum absolute atomic E-state index is 0. The van der Waals surface area contributed by atoms with Crippen molar-refractivity contribution in [2.24, 2.45) is 0 Å². The largest absolute Gasteiger partial charge is 3.00 e. The van der Waals surface area contributed by atoms with E-state index in [-0.39, 0.29) is 44.3 Å². The van der Waals surface area contributed by atoms with Crippen LogP contribution in [0.5, 0.6) is 0 Å². The van der Waals surface area contributed by atoms with Gasteiger partial charge >= 0.3 is 22.4 Å². The van der Waals surface area contributed by atoms with Gasteiger partial charge in [-0.1, -0.05) is 0 Å². The summed E-state index contributed by atoms with van der Waals surface area (Å²) in [6, 6.07) is 0. The molecule has 0 bridgehead atoms. The molecule has 5 N–H and O–H groups in total. The molecule has 0 aliphatic rings. The number of rotatable bonds is 0. The van der Waals surface area contributed by atoms with Gasteiger partial charge in [0.25, 0.3) is 0 Å². The second-order valence-electron chi connectivity index (χ2n) is 0. The monoisotopic (exact) mass is 266 g/mol. The fourth-order valence-electron chi connectivity index (χ4n) is 0. The molecule has 0 saturated heterocycles. The van der Waals surface area contributed by atoms with Gasteiger partial charge < -0.3 is 21.9 Å². The van der Waals surface area contributed by atoms with E-state index in [1.54, 1.807) is 0 Å². The Morgan fingerprint density at radius 2 is 0.600 bits per heavy atom. The van der Waals surface area contributed by atoms with Crippen molar-refractivity contribution in [1.29, 1.82) is 0 Å². The topological polar surface area (TPSA) is 122 Å². The van der Waals surface area contributed by atoms with Gasteiger partial charge in [0.1, 0.15) is 0 Å². The van der Waals surface area contributed by atoms with Crippen molar-refractivity contribution in [2.45, 2.75) is 0 Å². The second kappa shape index (κ2) is 174. The molecule has 0 aromatic heterocycles. The van der Waals surface area contributed by atoms with Crippen LogP contribution in [0.15, 0.2) is 0 Å². The van der Waals surface area contributed by atoms with Crippen molar-refractivity contribution in [3.05, 3.63) is 0 Å². The minimum absolute atomic E-state index is 0. The standard InChI is InChI=1S/Au.4H2O/h;4*1H2/q+3;;;;/p-3. The third kappa shape index (κ3) is 90.6. The third-order valence-corrected chi connectivity index (χ3v) is 0. The van der Waals surface area contributed by atoms with Gasteiger partial charge in [0.15, 0.2) is 0 Å². The van der Waals surface area contributed by atoms with E-state index in [0.717, 1.165) is 0 Å². The van der Waals surface area contributed by atoms with Crippen molar-refractivity contribution in [2.75, 3.05) is 0 Å². The van der Waals surface area contributed by atoms with Gasteiger partial charge in [0.05, 0.1) is 0 Å². The molecule has 5 heteroatoms. The molecular formula is H5AuO4. The van der Waals surface area contributed by atoms with E-state index in [2.05, 4.69) is 0 Å². The second-order valence-corrected chi connectivity index (χ2v) is 0. The minimum Gasteiger partial charge on any atom is -0.870 e. The summed E-state index contributed by atoms with van der Waals surface area (Å²) in [5.74, 6) is 0. The predicted octanol–water partition coefficient (Wildman–Crippen LogP) is -1.36. The molecule has 0 radical (unpaired) electrons. The zero-order valence-corrected chi connectivity index (χ0v) is 4.31. The van der Waals surface area contributed by atoms with Crippen LogP contribution in [0.25, 0.3) is 0 Å². The Bertz CT molecular complexity index is 3.61. The Hall–Kier alpha value is 0.580. The molecule has 0 heterocycles. The normalized spacial score (nSPS) is 0. The first kappa shape index (κ1) is 348. The number of hydrogen-bond acceptors (Lipinski definition) is 3. The molecule has 0 fully saturated rings. The molecule has 40 valence electrons. The van der Waals surface area contributed by atoms with Crippen molar-refractivity contribution in [3.8, 4) is 0 Å².